The fraction of sp³-hybridized carbons (Fsp3) is 0.0417. The van der Waals surface area contributed by atoms with E-state index < -0.39 is 23.5 Å². The lowest BCUT2D eigenvalue weighted by Crippen LogP contribution is -2.36. The first kappa shape index (κ1) is 23.5. The highest BCUT2D eigenvalue weighted by Crippen LogP contribution is 2.25. The van der Waals surface area contributed by atoms with E-state index in [2.05, 4.69) is 32.0 Å². The maximum atomic E-state index is 13.4. The fourth-order valence-electron chi connectivity index (χ4n) is 3.25. The van der Waals surface area contributed by atoms with Crippen molar-refractivity contribution in [3.63, 3.8) is 0 Å². The third-order valence-electron chi connectivity index (χ3n) is 4.93. The summed E-state index contributed by atoms with van der Waals surface area (Å²) >= 11 is 9.53. The molecule has 7 nitrogen and oxygen atoms in total. The van der Waals surface area contributed by atoms with Gasteiger partial charge in [-0.1, -0.05) is 39.7 Å². The molecule has 3 N–H and O–H groups in total. The molecule has 0 bridgehead atoms. The minimum Gasteiger partial charge on any atom is -0.321 e. The molecule has 0 spiro atoms. The molecule has 0 unspecified atom stereocenters. The van der Waals surface area contributed by atoms with Crippen LogP contribution in [0.5, 0.6) is 0 Å². The molecule has 0 atom stereocenters. The van der Waals surface area contributed by atoms with Crippen molar-refractivity contribution < 1.29 is 18.8 Å². The number of carbonyl (C=O) groups excluding carboxylic acids is 3. The molecule has 0 aliphatic heterocycles. The molecule has 10 heteroatoms. The van der Waals surface area contributed by atoms with Crippen molar-refractivity contribution in [2.45, 2.75) is 6.92 Å². The Kier molecular flexibility index (Phi) is 6.67. The third kappa shape index (κ3) is 5.11. The number of nitrogens with zero attached hydrogens (tertiary/aromatic N) is 1. The largest absolute Gasteiger partial charge is 0.328 e. The zero-order valence-corrected chi connectivity index (χ0v) is 20.0. The minimum atomic E-state index is -1.04. The van der Waals surface area contributed by atoms with Crippen LogP contribution in [0, 0.1) is 12.7 Å². The average Bonchev–Trinajstić information content (AvgIpc) is 3.13. The second-order valence-electron chi connectivity index (χ2n) is 7.39. The van der Waals surface area contributed by atoms with Gasteiger partial charge in [0.05, 0.1) is 5.52 Å². The molecule has 0 aliphatic carbocycles. The van der Waals surface area contributed by atoms with Gasteiger partial charge in [-0.3, -0.25) is 19.8 Å². The zero-order chi connectivity index (χ0) is 24.4. The predicted octanol–water partition coefficient (Wildman–Crippen LogP) is 5.47. The summed E-state index contributed by atoms with van der Waals surface area (Å²) in [7, 11) is 0. The smallest absolute Gasteiger partial charge is 0.321 e. The first-order valence-corrected chi connectivity index (χ1v) is 11.1. The number of hydrogen-bond donors (Lipinski definition) is 3. The van der Waals surface area contributed by atoms with E-state index in [1.807, 2.05) is 6.92 Å². The molecule has 172 valence electrons. The Balaban J connectivity index is 1.63. The van der Waals surface area contributed by atoms with Crippen LogP contribution in [-0.4, -0.2) is 22.4 Å². The van der Waals surface area contributed by atoms with Crippen LogP contribution in [-0.2, 0) is 9.59 Å². The van der Waals surface area contributed by atoms with Crippen molar-refractivity contribution in [1.82, 2.24) is 4.68 Å². The van der Waals surface area contributed by atoms with E-state index in [1.165, 1.54) is 22.9 Å². The second kappa shape index (κ2) is 9.66. The van der Waals surface area contributed by atoms with Crippen LogP contribution in [0.4, 0.5) is 15.8 Å². The molecule has 1 heterocycles. The molecule has 1 aromatic heterocycles. The summed E-state index contributed by atoms with van der Waals surface area (Å²) in [5.74, 6) is -3.16. The summed E-state index contributed by atoms with van der Waals surface area (Å²) in [6.07, 6.45) is 0. The van der Waals surface area contributed by atoms with Crippen LogP contribution in [0.2, 0.25) is 5.02 Å². The molecule has 0 fully saturated rings. The number of benzene rings is 3. The lowest BCUT2D eigenvalue weighted by Gasteiger charge is -2.13. The molecule has 0 radical (unpaired) electrons. The molecular weight excluding hydrogens is 527 g/mol. The predicted molar refractivity (Wildman–Crippen MR) is 133 cm³/mol. The van der Waals surface area contributed by atoms with Crippen molar-refractivity contribution in [2.24, 2.45) is 0 Å². The Morgan fingerprint density at radius 3 is 2.41 bits per heavy atom. The van der Waals surface area contributed by atoms with Gasteiger partial charge in [0.15, 0.2) is 0 Å². The minimum absolute atomic E-state index is 0.0803. The van der Waals surface area contributed by atoms with E-state index in [9.17, 15) is 18.8 Å². The van der Waals surface area contributed by atoms with Gasteiger partial charge in [-0.15, -0.1) is 0 Å². The van der Waals surface area contributed by atoms with E-state index >= 15 is 0 Å². The van der Waals surface area contributed by atoms with E-state index in [-0.39, 0.29) is 11.4 Å². The lowest BCUT2D eigenvalue weighted by molar-refractivity contribution is -0.133. The monoisotopic (exact) mass is 542 g/mol. The molecule has 4 aromatic rings. The van der Waals surface area contributed by atoms with Crippen molar-refractivity contribution in [3.8, 4) is 0 Å². The van der Waals surface area contributed by atoms with Crippen molar-refractivity contribution in [2.75, 3.05) is 16.1 Å². The van der Waals surface area contributed by atoms with Crippen LogP contribution in [0.3, 0.4) is 0 Å². The highest BCUT2D eigenvalue weighted by molar-refractivity contribution is 9.10. The first-order valence-electron chi connectivity index (χ1n) is 9.97. The molecule has 4 rings (SSSR count). The summed E-state index contributed by atoms with van der Waals surface area (Å²) in [5.41, 5.74) is 4.46. The Hall–Kier alpha value is -3.69. The van der Waals surface area contributed by atoms with Gasteiger partial charge in [0, 0.05) is 26.3 Å². The van der Waals surface area contributed by atoms with Crippen LogP contribution < -0.4 is 16.1 Å². The number of rotatable bonds is 4. The van der Waals surface area contributed by atoms with Gasteiger partial charge in [-0.05, 0) is 67.1 Å². The van der Waals surface area contributed by atoms with E-state index in [0.29, 0.717) is 21.6 Å². The molecule has 0 saturated carbocycles. The van der Waals surface area contributed by atoms with Crippen LogP contribution in [0.25, 0.3) is 10.9 Å². The summed E-state index contributed by atoms with van der Waals surface area (Å²) in [5, 5.41) is 6.20. The van der Waals surface area contributed by atoms with Gasteiger partial charge in [0.1, 0.15) is 11.5 Å². The van der Waals surface area contributed by atoms with Gasteiger partial charge in [-0.25, -0.2) is 9.07 Å². The van der Waals surface area contributed by atoms with E-state index in [4.69, 9.17) is 11.6 Å². The maximum Gasteiger partial charge on any atom is 0.328 e. The van der Waals surface area contributed by atoms with E-state index in [0.717, 1.165) is 16.1 Å². The molecule has 3 amide bonds. The number of amides is 3. The first-order chi connectivity index (χ1) is 16.2. The summed E-state index contributed by atoms with van der Waals surface area (Å²) in [4.78, 5) is 38.1. The summed E-state index contributed by atoms with van der Waals surface area (Å²) in [6.45, 7) is 1.84. The van der Waals surface area contributed by atoms with Crippen LogP contribution >= 0.6 is 27.5 Å². The number of fused-ring (bicyclic) bond motifs is 1. The van der Waals surface area contributed by atoms with Crippen molar-refractivity contribution in [1.29, 1.82) is 0 Å². The van der Waals surface area contributed by atoms with Gasteiger partial charge >= 0.3 is 11.8 Å². The third-order valence-corrected chi connectivity index (χ3v) is 5.83. The van der Waals surface area contributed by atoms with Gasteiger partial charge in [-0.2, -0.15) is 0 Å². The number of aryl methyl sites for hydroxylation is 1. The van der Waals surface area contributed by atoms with Gasteiger partial charge in [0.25, 0.3) is 5.91 Å². The fourth-order valence-corrected chi connectivity index (χ4v) is 3.81. The SMILES string of the molecule is Cc1ccc(NC(=O)c2cc3cc(Br)ccc3n2NC(=O)C(=O)Nc2cccc(F)c2)cc1Cl. The summed E-state index contributed by atoms with van der Waals surface area (Å²) in [6, 6.07) is 17.0. The molecular formula is C24H17BrClFN4O3. The Bertz CT molecular complexity index is 1450. The van der Waals surface area contributed by atoms with Crippen LogP contribution in [0.15, 0.2) is 71.2 Å². The highest BCUT2D eigenvalue weighted by Gasteiger charge is 2.21. The quantitative estimate of drug-likeness (QED) is 0.298. The highest BCUT2D eigenvalue weighted by atomic mass is 79.9. The number of carbonyl (C=O) groups is 3. The number of halogens is 3. The molecule has 34 heavy (non-hydrogen) atoms. The van der Waals surface area contributed by atoms with Crippen molar-refractivity contribution in [3.05, 3.63) is 93.3 Å². The number of anilines is 2. The normalized spacial score (nSPS) is 10.7. The summed E-state index contributed by atoms with van der Waals surface area (Å²) < 4.78 is 15.4. The van der Waals surface area contributed by atoms with Gasteiger partial charge < -0.3 is 10.6 Å². The lowest BCUT2D eigenvalue weighted by atomic mass is 10.2. The topological polar surface area (TPSA) is 92.2 Å². The number of aromatic nitrogens is 1. The van der Waals surface area contributed by atoms with Crippen molar-refractivity contribution >= 4 is 67.5 Å². The molecule has 3 aromatic carbocycles. The maximum absolute atomic E-state index is 13.4. The zero-order valence-electron chi connectivity index (χ0n) is 17.7. The Morgan fingerprint density at radius 2 is 1.68 bits per heavy atom. The Morgan fingerprint density at radius 1 is 0.912 bits per heavy atom. The number of nitrogens with one attached hydrogen (secondary N) is 3. The standard InChI is InChI=1S/C24H17BrClFN4O3/c1-13-5-7-18(12-19(13)26)28-22(32)21-10-14-9-15(25)6-8-20(14)31(21)30-24(34)23(33)29-17-4-2-3-16(27)11-17/h2-12H,1H3,(H,28,32)(H,29,33)(H,30,34). The molecule has 0 aliphatic rings. The number of hydrogen-bond acceptors (Lipinski definition) is 3. The van der Waals surface area contributed by atoms with Gasteiger partial charge in [0.2, 0.25) is 0 Å². The Labute approximate surface area is 207 Å². The van der Waals surface area contributed by atoms with E-state index in [1.54, 1.807) is 42.5 Å². The second-order valence-corrected chi connectivity index (χ2v) is 8.71. The average molecular weight is 544 g/mol. The molecule has 0 saturated heterocycles. The van der Waals surface area contributed by atoms with Crippen LogP contribution in [0.1, 0.15) is 16.1 Å².